The zero-order valence-corrected chi connectivity index (χ0v) is 23.5. The van der Waals surface area contributed by atoms with E-state index in [0.29, 0.717) is 6.42 Å². The summed E-state index contributed by atoms with van der Waals surface area (Å²) >= 11 is 1.56. The van der Waals surface area contributed by atoms with Crippen molar-refractivity contribution in [1.29, 1.82) is 0 Å². The molecule has 0 saturated carbocycles. The first-order chi connectivity index (χ1) is 18.7. The molecule has 1 aromatic heterocycles. The zero-order chi connectivity index (χ0) is 28.4. The van der Waals surface area contributed by atoms with Crippen LogP contribution in [0.15, 0.2) is 60.0 Å². The molecule has 1 heterocycles. The molecule has 39 heavy (non-hydrogen) atoms. The summed E-state index contributed by atoms with van der Waals surface area (Å²) < 4.78 is 6.14. The van der Waals surface area contributed by atoms with Crippen molar-refractivity contribution < 1.29 is 23.9 Å². The Hall–Kier alpha value is -3.72. The van der Waals surface area contributed by atoms with Crippen molar-refractivity contribution in [3.05, 3.63) is 71.1 Å². The summed E-state index contributed by atoms with van der Waals surface area (Å²) in [6.45, 7) is 5.87. The van der Waals surface area contributed by atoms with Crippen LogP contribution in [-0.2, 0) is 36.8 Å². The lowest BCUT2D eigenvalue weighted by atomic mass is 9.92. The fraction of sp³-hybridized carbons (Fsp3) is 0.400. The maximum atomic E-state index is 13.6. The predicted molar refractivity (Wildman–Crippen MR) is 153 cm³/mol. The molecule has 0 aliphatic rings. The van der Waals surface area contributed by atoms with Gasteiger partial charge in [0.2, 0.25) is 17.7 Å². The van der Waals surface area contributed by atoms with Crippen LogP contribution in [0, 0.1) is 11.8 Å². The SMILES string of the molecule is CCOC(=O)C[C@@H](CC(C)C)C(=O)N[C@@H](Cc1csc2ccccc12)C(=O)N[C@H](Cc1ccccc1)C(N)=O. The normalized spacial score (nSPS) is 13.4. The monoisotopic (exact) mass is 551 g/mol. The smallest absolute Gasteiger partial charge is 0.306 e. The van der Waals surface area contributed by atoms with Gasteiger partial charge in [0.15, 0.2) is 0 Å². The van der Waals surface area contributed by atoms with E-state index >= 15 is 0 Å². The van der Waals surface area contributed by atoms with E-state index in [1.54, 1.807) is 18.3 Å². The standard InChI is InChI=1S/C30H37N3O5S/c1-4-38-27(34)17-21(14-19(2)3)29(36)33-25(16-22-18-39-26-13-9-8-12-23(22)26)30(37)32-24(28(31)35)15-20-10-6-5-7-11-20/h5-13,18-19,21,24-25H,4,14-17H2,1-3H3,(H2,31,35)(H,32,37)(H,33,36)/t21-,24-,25+/m1/s1. The molecule has 0 aliphatic heterocycles. The van der Waals surface area contributed by atoms with Crippen LogP contribution in [0.2, 0.25) is 0 Å². The van der Waals surface area contributed by atoms with E-state index in [4.69, 9.17) is 10.5 Å². The topological polar surface area (TPSA) is 128 Å². The second kappa shape index (κ2) is 14.4. The first-order valence-electron chi connectivity index (χ1n) is 13.2. The Labute approximate surface area is 233 Å². The highest BCUT2D eigenvalue weighted by Crippen LogP contribution is 2.27. The molecule has 4 N–H and O–H groups in total. The maximum absolute atomic E-state index is 13.6. The maximum Gasteiger partial charge on any atom is 0.306 e. The van der Waals surface area contributed by atoms with E-state index in [2.05, 4.69) is 10.6 Å². The summed E-state index contributed by atoms with van der Waals surface area (Å²) in [5, 5.41) is 8.59. The Morgan fingerprint density at radius 2 is 1.56 bits per heavy atom. The van der Waals surface area contributed by atoms with Crippen LogP contribution >= 0.6 is 11.3 Å². The van der Waals surface area contributed by atoms with Crippen LogP contribution in [0.5, 0.6) is 0 Å². The minimum atomic E-state index is -0.981. The van der Waals surface area contributed by atoms with Crippen molar-refractivity contribution in [2.75, 3.05) is 6.61 Å². The van der Waals surface area contributed by atoms with Crippen molar-refractivity contribution in [3.63, 3.8) is 0 Å². The van der Waals surface area contributed by atoms with Gasteiger partial charge in [-0.25, -0.2) is 0 Å². The number of ether oxygens (including phenoxy) is 1. The molecule has 3 amide bonds. The van der Waals surface area contributed by atoms with Crippen molar-refractivity contribution in [2.45, 2.75) is 58.5 Å². The molecule has 2 aromatic carbocycles. The van der Waals surface area contributed by atoms with Gasteiger partial charge in [0, 0.05) is 23.5 Å². The van der Waals surface area contributed by atoms with Crippen molar-refractivity contribution in [3.8, 4) is 0 Å². The first-order valence-corrected chi connectivity index (χ1v) is 14.1. The summed E-state index contributed by atoms with van der Waals surface area (Å²) in [7, 11) is 0. The number of esters is 1. The number of primary amides is 1. The van der Waals surface area contributed by atoms with E-state index < -0.39 is 41.7 Å². The average Bonchev–Trinajstić information content (AvgIpc) is 3.30. The minimum absolute atomic E-state index is 0.0779. The number of carbonyl (C=O) groups excluding carboxylic acids is 4. The molecule has 0 bridgehead atoms. The zero-order valence-electron chi connectivity index (χ0n) is 22.6. The van der Waals surface area contributed by atoms with Crippen LogP contribution in [0.3, 0.4) is 0 Å². The van der Waals surface area contributed by atoms with Gasteiger partial charge in [-0.3, -0.25) is 19.2 Å². The summed E-state index contributed by atoms with van der Waals surface area (Å²) in [5.41, 5.74) is 7.39. The molecule has 9 heteroatoms. The predicted octanol–water partition coefficient (Wildman–Crippen LogP) is 3.76. The third-order valence-corrected chi connectivity index (χ3v) is 7.42. The van der Waals surface area contributed by atoms with E-state index in [1.165, 1.54) is 0 Å². The Balaban J connectivity index is 1.85. The first kappa shape index (κ1) is 29.8. The highest BCUT2D eigenvalue weighted by atomic mass is 32.1. The van der Waals surface area contributed by atoms with Crippen molar-refractivity contribution in [2.24, 2.45) is 17.6 Å². The van der Waals surface area contributed by atoms with Crippen LogP contribution < -0.4 is 16.4 Å². The van der Waals surface area contributed by atoms with Gasteiger partial charge in [-0.2, -0.15) is 0 Å². The Morgan fingerprint density at radius 1 is 0.897 bits per heavy atom. The van der Waals surface area contributed by atoms with Gasteiger partial charge in [-0.05, 0) is 47.2 Å². The minimum Gasteiger partial charge on any atom is -0.466 e. The van der Waals surface area contributed by atoms with Gasteiger partial charge in [-0.15, -0.1) is 11.3 Å². The third kappa shape index (κ3) is 8.92. The summed E-state index contributed by atoms with van der Waals surface area (Å²) in [4.78, 5) is 51.5. The number of rotatable bonds is 14. The fourth-order valence-electron chi connectivity index (χ4n) is 4.53. The molecule has 3 rings (SSSR count). The lowest BCUT2D eigenvalue weighted by Gasteiger charge is -2.25. The summed E-state index contributed by atoms with van der Waals surface area (Å²) in [6.07, 6.45) is 0.818. The van der Waals surface area contributed by atoms with Crippen LogP contribution in [0.4, 0.5) is 0 Å². The average molecular weight is 552 g/mol. The second-order valence-electron chi connectivity index (χ2n) is 10.0. The second-order valence-corrected chi connectivity index (χ2v) is 10.9. The molecule has 0 radical (unpaired) electrons. The van der Waals surface area contributed by atoms with Gasteiger partial charge >= 0.3 is 5.97 Å². The number of fused-ring (bicyclic) bond motifs is 1. The van der Waals surface area contributed by atoms with E-state index in [1.807, 2.05) is 73.8 Å². The largest absolute Gasteiger partial charge is 0.466 e. The molecule has 8 nitrogen and oxygen atoms in total. The van der Waals surface area contributed by atoms with Crippen molar-refractivity contribution >= 4 is 45.1 Å². The summed E-state index contributed by atoms with van der Waals surface area (Å²) in [5.74, 6) is -2.56. The van der Waals surface area contributed by atoms with E-state index in [-0.39, 0.29) is 31.8 Å². The van der Waals surface area contributed by atoms with Gasteiger partial charge in [0.25, 0.3) is 0 Å². The lowest BCUT2D eigenvalue weighted by molar-refractivity contribution is -0.147. The Bertz CT molecular complexity index is 1270. The number of hydrogen-bond donors (Lipinski definition) is 3. The van der Waals surface area contributed by atoms with Gasteiger partial charge in [0.05, 0.1) is 13.0 Å². The highest BCUT2D eigenvalue weighted by molar-refractivity contribution is 7.17. The van der Waals surface area contributed by atoms with Crippen molar-refractivity contribution in [1.82, 2.24) is 10.6 Å². The van der Waals surface area contributed by atoms with Gasteiger partial charge < -0.3 is 21.1 Å². The number of benzene rings is 2. The number of nitrogens with one attached hydrogen (secondary N) is 2. The number of nitrogens with two attached hydrogens (primary N) is 1. The van der Waals surface area contributed by atoms with E-state index in [9.17, 15) is 19.2 Å². The molecule has 0 saturated heterocycles. The number of hydrogen-bond acceptors (Lipinski definition) is 6. The molecule has 0 spiro atoms. The molecule has 3 atom stereocenters. The molecule has 0 aliphatic carbocycles. The summed E-state index contributed by atoms with van der Waals surface area (Å²) in [6, 6.07) is 15.2. The van der Waals surface area contributed by atoms with E-state index in [0.717, 1.165) is 21.2 Å². The molecule has 0 unspecified atom stereocenters. The molecule has 208 valence electrons. The lowest BCUT2D eigenvalue weighted by Crippen LogP contribution is -2.55. The quantitative estimate of drug-likeness (QED) is 0.263. The molecule has 3 aromatic rings. The number of thiophene rings is 1. The molecular formula is C30H37N3O5S. The van der Waals surface area contributed by atoms with Gasteiger partial charge in [-0.1, -0.05) is 62.4 Å². The van der Waals surface area contributed by atoms with Crippen LogP contribution in [-0.4, -0.2) is 42.4 Å². The highest BCUT2D eigenvalue weighted by Gasteiger charge is 2.31. The number of amides is 3. The van der Waals surface area contributed by atoms with Crippen LogP contribution in [0.25, 0.3) is 10.1 Å². The Morgan fingerprint density at radius 3 is 2.23 bits per heavy atom. The van der Waals surface area contributed by atoms with Crippen LogP contribution in [0.1, 0.15) is 44.7 Å². The third-order valence-electron chi connectivity index (χ3n) is 6.41. The molecule has 0 fully saturated rings. The van der Waals surface area contributed by atoms with Gasteiger partial charge in [0.1, 0.15) is 12.1 Å². The molecular weight excluding hydrogens is 514 g/mol. The fourth-order valence-corrected chi connectivity index (χ4v) is 5.50. The number of carbonyl (C=O) groups is 4. The Kier molecular flexibility index (Phi) is 11.0.